The molecule has 3 aromatic heterocycles. The average molecular weight is 488 g/mol. The number of rotatable bonds is 7. The van der Waals surface area contributed by atoms with E-state index in [2.05, 4.69) is 25.7 Å². The molecule has 35 heavy (non-hydrogen) atoms. The van der Waals surface area contributed by atoms with E-state index in [1.807, 2.05) is 23.9 Å². The first-order valence-electron chi connectivity index (χ1n) is 11.2. The lowest BCUT2D eigenvalue weighted by Crippen LogP contribution is -2.42. The fraction of sp³-hybridized carbons (Fsp3) is 0.409. The second-order valence-electron chi connectivity index (χ2n) is 8.63. The topological polar surface area (TPSA) is 134 Å². The molecule has 0 atom stereocenters. The van der Waals surface area contributed by atoms with Crippen molar-refractivity contribution in [2.45, 2.75) is 12.8 Å². The molecular formula is C22H27F2N9O2. The van der Waals surface area contributed by atoms with Crippen molar-refractivity contribution in [1.29, 1.82) is 0 Å². The summed E-state index contributed by atoms with van der Waals surface area (Å²) < 4.78 is 29.1. The number of anilines is 3. The molecule has 1 fully saturated rings. The van der Waals surface area contributed by atoms with Crippen molar-refractivity contribution in [1.82, 2.24) is 29.8 Å². The van der Waals surface area contributed by atoms with Crippen LogP contribution in [0.1, 0.15) is 23.2 Å². The van der Waals surface area contributed by atoms with Crippen LogP contribution in [0.25, 0.3) is 5.65 Å². The number of hydrogen-bond acceptors (Lipinski definition) is 8. The zero-order chi connectivity index (χ0) is 25.1. The van der Waals surface area contributed by atoms with Crippen LogP contribution in [0.4, 0.5) is 26.1 Å². The molecule has 0 aliphatic carbocycles. The third-order valence-electron chi connectivity index (χ3n) is 5.84. The summed E-state index contributed by atoms with van der Waals surface area (Å²) in [5.74, 6) is -1.97. The van der Waals surface area contributed by atoms with Gasteiger partial charge in [-0.2, -0.15) is 0 Å². The van der Waals surface area contributed by atoms with E-state index in [1.54, 1.807) is 0 Å². The minimum absolute atomic E-state index is 0.00846. The van der Waals surface area contributed by atoms with Crippen LogP contribution in [-0.4, -0.2) is 76.6 Å². The average Bonchev–Trinajstić information content (AvgIpc) is 3.15. The molecule has 0 aromatic carbocycles. The third kappa shape index (κ3) is 5.45. The summed E-state index contributed by atoms with van der Waals surface area (Å²) in [6.45, 7) is 2.30. The van der Waals surface area contributed by atoms with Crippen LogP contribution < -0.4 is 21.3 Å². The molecule has 1 aliphatic rings. The Hall–Kier alpha value is -3.87. The van der Waals surface area contributed by atoms with Gasteiger partial charge in [-0.1, -0.05) is 0 Å². The largest absolute Gasteiger partial charge is 0.381 e. The van der Waals surface area contributed by atoms with Crippen LogP contribution in [0.2, 0.25) is 0 Å². The predicted octanol–water partition coefficient (Wildman–Crippen LogP) is 1.13. The highest BCUT2D eigenvalue weighted by molar-refractivity contribution is 6.11. The first-order valence-corrected chi connectivity index (χ1v) is 11.2. The molecular weight excluding hydrogens is 460 g/mol. The van der Waals surface area contributed by atoms with E-state index in [1.165, 1.54) is 6.07 Å². The lowest BCUT2D eigenvalue weighted by atomic mass is 9.95. The lowest BCUT2D eigenvalue weighted by molar-refractivity contribution is -0.125. The van der Waals surface area contributed by atoms with E-state index in [9.17, 15) is 18.4 Å². The second kappa shape index (κ2) is 10.2. The number of nitrogen functional groups attached to an aromatic ring is 1. The SMILES string of the molecule is CN(C)CCNC(=O)C1CCN(c2cc(NC(=O)c3c(N)nn4cc(F)cnc34)ncc2F)CC1. The van der Waals surface area contributed by atoms with Gasteiger partial charge in [-0.25, -0.2) is 23.3 Å². The van der Waals surface area contributed by atoms with Crippen LogP contribution in [0.3, 0.4) is 0 Å². The predicted molar refractivity (Wildman–Crippen MR) is 126 cm³/mol. The Morgan fingerprint density at radius 1 is 1.20 bits per heavy atom. The van der Waals surface area contributed by atoms with Crippen molar-refractivity contribution >= 4 is 34.8 Å². The number of fused-ring (bicyclic) bond motifs is 1. The van der Waals surface area contributed by atoms with Crippen LogP contribution in [-0.2, 0) is 4.79 Å². The summed E-state index contributed by atoms with van der Waals surface area (Å²) in [5.41, 5.74) is 6.14. The van der Waals surface area contributed by atoms with Crippen molar-refractivity contribution in [3.05, 3.63) is 41.9 Å². The van der Waals surface area contributed by atoms with Gasteiger partial charge >= 0.3 is 0 Å². The fourth-order valence-corrected chi connectivity index (χ4v) is 3.99. The standard InChI is InChI=1S/C22H27F2N9O2/c1-31(2)8-5-26-21(34)13-3-6-32(7-4-13)16-9-17(27-11-15(16)24)29-22(35)18-19(25)30-33-12-14(23)10-28-20(18)33/h9-13H,3-8H2,1-2H3,(H2,25,30)(H,26,34)(H,27,29,35). The van der Waals surface area contributed by atoms with E-state index in [4.69, 9.17) is 5.73 Å². The van der Waals surface area contributed by atoms with Gasteiger partial charge < -0.3 is 26.2 Å². The number of carbonyl (C=O) groups excluding carboxylic acids is 2. The first-order chi connectivity index (χ1) is 16.7. The van der Waals surface area contributed by atoms with Gasteiger partial charge in [0.15, 0.2) is 23.1 Å². The molecule has 4 rings (SSSR count). The van der Waals surface area contributed by atoms with Crippen LogP contribution >= 0.6 is 0 Å². The van der Waals surface area contributed by atoms with Crippen LogP contribution in [0.5, 0.6) is 0 Å². The molecule has 0 radical (unpaired) electrons. The quantitative estimate of drug-likeness (QED) is 0.452. The van der Waals surface area contributed by atoms with Gasteiger partial charge in [0, 0.05) is 38.2 Å². The van der Waals surface area contributed by atoms with Gasteiger partial charge in [0.1, 0.15) is 11.4 Å². The number of aromatic nitrogens is 4. The molecule has 4 N–H and O–H groups in total. The summed E-state index contributed by atoms with van der Waals surface area (Å²) in [5, 5.41) is 9.42. The molecule has 11 nitrogen and oxygen atoms in total. The van der Waals surface area contributed by atoms with Crippen molar-refractivity contribution in [2.24, 2.45) is 5.92 Å². The molecule has 186 valence electrons. The number of nitrogens with two attached hydrogens (primary N) is 1. The molecule has 1 aliphatic heterocycles. The number of nitrogens with one attached hydrogen (secondary N) is 2. The lowest BCUT2D eigenvalue weighted by Gasteiger charge is -2.33. The monoisotopic (exact) mass is 487 g/mol. The Morgan fingerprint density at radius 3 is 2.66 bits per heavy atom. The third-order valence-corrected chi connectivity index (χ3v) is 5.84. The Kier molecular flexibility index (Phi) is 7.05. The van der Waals surface area contributed by atoms with Crippen LogP contribution in [0, 0.1) is 17.6 Å². The molecule has 1 saturated heterocycles. The fourth-order valence-electron chi connectivity index (χ4n) is 3.99. The first kappa shape index (κ1) is 24.3. The molecule has 2 amide bonds. The molecule has 4 heterocycles. The Bertz CT molecular complexity index is 1240. The van der Waals surface area contributed by atoms with Crippen molar-refractivity contribution < 1.29 is 18.4 Å². The maximum atomic E-state index is 14.6. The van der Waals surface area contributed by atoms with E-state index in [0.717, 1.165) is 29.7 Å². The number of halogens is 2. The summed E-state index contributed by atoms with van der Waals surface area (Å²) >= 11 is 0. The van der Waals surface area contributed by atoms with Gasteiger partial charge in [0.2, 0.25) is 5.91 Å². The van der Waals surface area contributed by atoms with Gasteiger partial charge in [-0.05, 0) is 26.9 Å². The van der Waals surface area contributed by atoms with Gasteiger partial charge in [0.25, 0.3) is 5.91 Å². The summed E-state index contributed by atoms with van der Waals surface area (Å²) in [7, 11) is 3.88. The molecule has 0 saturated carbocycles. The van der Waals surface area contributed by atoms with E-state index in [-0.39, 0.29) is 40.4 Å². The number of pyridine rings is 1. The van der Waals surface area contributed by atoms with E-state index in [0.29, 0.717) is 32.5 Å². The smallest absolute Gasteiger partial charge is 0.264 e. The van der Waals surface area contributed by atoms with E-state index >= 15 is 0 Å². The maximum Gasteiger partial charge on any atom is 0.264 e. The molecule has 13 heteroatoms. The van der Waals surface area contributed by atoms with Gasteiger partial charge in [-0.15, -0.1) is 5.10 Å². The van der Waals surface area contributed by atoms with Crippen molar-refractivity contribution in [3.63, 3.8) is 0 Å². The van der Waals surface area contributed by atoms with Gasteiger partial charge in [0.05, 0.1) is 24.3 Å². The van der Waals surface area contributed by atoms with Crippen molar-refractivity contribution in [2.75, 3.05) is 56.2 Å². The molecule has 0 spiro atoms. The summed E-state index contributed by atoms with van der Waals surface area (Å²) in [4.78, 5) is 36.9. The number of amides is 2. The number of nitrogens with zero attached hydrogens (tertiary/aromatic N) is 6. The summed E-state index contributed by atoms with van der Waals surface area (Å²) in [6.07, 6.45) is 4.19. The molecule has 0 unspecified atom stereocenters. The minimum atomic E-state index is -0.658. The number of likely N-dealkylation sites (N-methyl/N-ethyl adjacent to an activating group) is 1. The Morgan fingerprint density at radius 2 is 1.94 bits per heavy atom. The maximum absolute atomic E-state index is 14.6. The van der Waals surface area contributed by atoms with Gasteiger partial charge in [-0.3, -0.25) is 9.59 Å². The number of hydrogen-bond donors (Lipinski definition) is 3. The zero-order valence-electron chi connectivity index (χ0n) is 19.5. The highest BCUT2D eigenvalue weighted by Gasteiger charge is 2.27. The Balaban J connectivity index is 1.42. The number of carbonyl (C=O) groups is 2. The highest BCUT2D eigenvalue weighted by atomic mass is 19.1. The molecule has 0 bridgehead atoms. The van der Waals surface area contributed by atoms with Crippen LogP contribution in [0.15, 0.2) is 24.7 Å². The number of piperidine rings is 1. The van der Waals surface area contributed by atoms with E-state index < -0.39 is 17.5 Å². The highest BCUT2D eigenvalue weighted by Crippen LogP contribution is 2.28. The normalized spacial score (nSPS) is 14.5. The van der Waals surface area contributed by atoms with Crippen molar-refractivity contribution in [3.8, 4) is 0 Å². The molecule has 3 aromatic rings. The summed E-state index contributed by atoms with van der Waals surface area (Å²) in [6, 6.07) is 1.43. The second-order valence-corrected chi connectivity index (χ2v) is 8.63. The Labute approximate surface area is 200 Å². The zero-order valence-corrected chi connectivity index (χ0v) is 19.5. The minimum Gasteiger partial charge on any atom is -0.381 e.